The molecule has 0 aromatic heterocycles. The van der Waals surface area contributed by atoms with Crippen LogP contribution in [-0.4, -0.2) is 31.6 Å². The van der Waals surface area contributed by atoms with Crippen LogP contribution in [-0.2, 0) is 11.2 Å². The van der Waals surface area contributed by atoms with E-state index >= 15 is 0 Å². The molecule has 1 aromatic carbocycles. The van der Waals surface area contributed by atoms with E-state index in [-0.39, 0.29) is 12.5 Å². The van der Waals surface area contributed by atoms with Crippen LogP contribution in [0.1, 0.15) is 37.7 Å². The Bertz CT molecular complexity index is 549. The molecular formula is C20H28N2O2. The number of hydrogen-bond acceptors (Lipinski definition) is 3. The fraction of sp³-hybridized carbons (Fsp3) is 0.550. The minimum atomic E-state index is -0.0247. The Kier molecular flexibility index (Phi) is 6.30. The van der Waals surface area contributed by atoms with Crippen LogP contribution in [0.15, 0.2) is 36.4 Å². The topological polar surface area (TPSA) is 50.4 Å². The molecular weight excluding hydrogens is 300 g/mol. The second-order valence-electron chi connectivity index (χ2n) is 6.88. The van der Waals surface area contributed by atoms with Gasteiger partial charge in [-0.15, -0.1) is 0 Å². The van der Waals surface area contributed by atoms with E-state index in [1.807, 2.05) is 12.1 Å². The molecule has 4 heteroatoms. The molecule has 0 radical (unpaired) electrons. The van der Waals surface area contributed by atoms with Crippen molar-refractivity contribution >= 4 is 5.91 Å². The van der Waals surface area contributed by atoms with E-state index in [9.17, 15) is 4.79 Å². The van der Waals surface area contributed by atoms with Gasteiger partial charge in [0.05, 0.1) is 0 Å². The number of ether oxygens (including phenoxy) is 1. The van der Waals surface area contributed by atoms with E-state index in [2.05, 4.69) is 34.9 Å². The second kappa shape index (κ2) is 8.88. The molecule has 1 aromatic rings. The predicted molar refractivity (Wildman–Crippen MR) is 96.2 cm³/mol. The Morgan fingerprint density at radius 1 is 1.12 bits per heavy atom. The lowest BCUT2D eigenvalue weighted by molar-refractivity contribution is -0.123. The fourth-order valence-electron chi connectivity index (χ4n) is 2.98. The molecule has 3 rings (SSSR count). The number of hydrogen-bond donors (Lipinski definition) is 2. The van der Waals surface area contributed by atoms with Gasteiger partial charge >= 0.3 is 0 Å². The third kappa shape index (κ3) is 6.00. The highest BCUT2D eigenvalue weighted by atomic mass is 16.5. The third-order valence-corrected chi connectivity index (χ3v) is 4.64. The minimum absolute atomic E-state index is 0.0247. The quantitative estimate of drug-likeness (QED) is 0.541. The first-order valence-corrected chi connectivity index (χ1v) is 9.16. The van der Waals surface area contributed by atoms with Gasteiger partial charge in [-0.2, -0.15) is 0 Å². The number of benzene rings is 1. The van der Waals surface area contributed by atoms with Gasteiger partial charge in [0, 0.05) is 6.04 Å². The van der Waals surface area contributed by atoms with Crippen LogP contribution in [0, 0.1) is 5.92 Å². The van der Waals surface area contributed by atoms with Crippen LogP contribution in [0.4, 0.5) is 0 Å². The van der Waals surface area contributed by atoms with Crippen LogP contribution in [0.25, 0.3) is 0 Å². The summed E-state index contributed by atoms with van der Waals surface area (Å²) in [7, 11) is 0. The number of allylic oxidation sites excluding steroid dienone is 2. The lowest BCUT2D eigenvalue weighted by Crippen LogP contribution is -2.30. The van der Waals surface area contributed by atoms with Crippen molar-refractivity contribution in [2.75, 3.05) is 19.7 Å². The summed E-state index contributed by atoms with van der Waals surface area (Å²) in [5, 5.41) is 6.48. The first-order valence-electron chi connectivity index (χ1n) is 9.16. The molecule has 2 aliphatic rings. The summed E-state index contributed by atoms with van der Waals surface area (Å²) in [5.74, 6) is 1.53. The molecule has 130 valence electrons. The molecule has 1 atom stereocenters. The van der Waals surface area contributed by atoms with E-state index in [0.717, 1.165) is 44.0 Å². The normalized spacial score (nSPS) is 19.9. The van der Waals surface area contributed by atoms with Crippen LogP contribution >= 0.6 is 0 Å². The van der Waals surface area contributed by atoms with Gasteiger partial charge in [0.15, 0.2) is 6.61 Å². The fourth-order valence-corrected chi connectivity index (χ4v) is 2.98. The Labute approximate surface area is 144 Å². The van der Waals surface area contributed by atoms with Crippen molar-refractivity contribution in [3.05, 3.63) is 42.0 Å². The molecule has 0 aliphatic heterocycles. The van der Waals surface area contributed by atoms with Crippen LogP contribution in [0.5, 0.6) is 5.75 Å². The highest BCUT2D eigenvalue weighted by molar-refractivity contribution is 5.78. The molecule has 24 heavy (non-hydrogen) atoms. The first-order chi connectivity index (χ1) is 11.8. The minimum Gasteiger partial charge on any atom is -0.484 e. The molecule has 0 spiro atoms. The maximum absolute atomic E-state index is 11.6. The van der Waals surface area contributed by atoms with Crippen molar-refractivity contribution in [3.63, 3.8) is 0 Å². The van der Waals surface area contributed by atoms with Gasteiger partial charge in [-0.05, 0) is 75.2 Å². The molecule has 4 nitrogen and oxygen atoms in total. The molecule has 1 fully saturated rings. The number of rotatable bonds is 9. The summed E-state index contributed by atoms with van der Waals surface area (Å²) in [4.78, 5) is 11.6. The van der Waals surface area contributed by atoms with Crippen molar-refractivity contribution < 1.29 is 9.53 Å². The van der Waals surface area contributed by atoms with Crippen molar-refractivity contribution in [2.24, 2.45) is 5.92 Å². The molecule has 2 aliphatic carbocycles. The van der Waals surface area contributed by atoms with Crippen molar-refractivity contribution in [2.45, 2.75) is 44.6 Å². The molecule has 1 amide bonds. The maximum Gasteiger partial charge on any atom is 0.258 e. The zero-order chi connectivity index (χ0) is 16.6. The molecule has 1 saturated carbocycles. The Hall–Kier alpha value is -1.81. The summed E-state index contributed by atoms with van der Waals surface area (Å²) >= 11 is 0. The molecule has 0 heterocycles. The van der Waals surface area contributed by atoms with Gasteiger partial charge in [0.1, 0.15) is 5.75 Å². The van der Waals surface area contributed by atoms with E-state index < -0.39 is 0 Å². The van der Waals surface area contributed by atoms with E-state index in [4.69, 9.17) is 4.74 Å². The maximum atomic E-state index is 11.6. The van der Waals surface area contributed by atoms with Crippen LogP contribution in [0.2, 0.25) is 0 Å². The standard InChI is InChI=1S/C20H28N2O2/c23-20(22-18-8-9-18)15-24-19-10-6-16(7-11-19)12-13-21-14-17-4-2-1-3-5-17/h1-2,6-7,10-11,17-18,21H,3-5,8-9,12-15H2,(H,22,23). The van der Waals surface area contributed by atoms with E-state index in [0.29, 0.717) is 6.04 Å². The van der Waals surface area contributed by atoms with Gasteiger partial charge in [0.25, 0.3) is 5.91 Å². The SMILES string of the molecule is O=C(COc1ccc(CCNCC2CC=CCC2)cc1)NC1CC1. The Morgan fingerprint density at radius 3 is 2.67 bits per heavy atom. The summed E-state index contributed by atoms with van der Waals surface area (Å²) in [6.07, 6.45) is 11.6. The highest BCUT2D eigenvalue weighted by Gasteiger charge is 2.23. The summed E-state index contributed by atoms with van der Waals surface area (Å²) in [5.41, 5.74) is 1.29. The van der Waals surface area contributed by atoms with Crippen molar-refractivity contribution in [3.8, 4) is 5.75 Å². The number of amides is 1. The van der Waals surface area contributed by atoms with Gasteiger partial charge < -0.3 is 15.4 Å². The summed E-state index contributed by atoms with van der Waals surface area (Å²) in [6.45, 7) is 2.22. The summed E-state index contributed by atoms with van der Waals surface area (Å²) in [6, 6.07) is 8.45. The number of nitrogens with one attached hydrogen (secondary N) is 2. The molecule has 0 saturated heterocycles. The summed E-state index contributed by atoms with van der Waals surface area (Å²) < 4.78 is 5.52. The third-order valence-electron chi connectivity index (χ3n) is 4.64. The lowest BCUT2D eigenvalue weighted by atomic mass is 9.94. The van der Waals surface area contributed by atoms with Crippen molar-refractivity contribution in [1.29, 1.82) is 0 Å². The number of carbonyl (C=O) groups excluding carboxylic acids is 1. The second-order valence-corrected chi connectivity index (χ2v) is 6.88. The Balaban J connectivity index is 1.30. The monoisotopic (exact) mass is 328 g/mol. The Morgan fingerprint density at radius 2 is 1.96 bits per heavy atom. The van der Waals surface area contributed by atoms with Crippen molar-refractivity contribution in [1.82, 2.24) is 10.6 Å². The molecule has 0 bridgehead atoms. The average Bonchev–Trinajstić information content (AvgIpc) is 3.43. The highest BCUT2D eigenvalue weighted by Crippen LogP contribution is 2.19. The van der Waals surface area contributed by atoms with Crippen LogP contribution < -0.4 is 15.4 Å². The zero-order valence-corrected chi connectivity index (χ0v) is 14.3. The van der Waals surface area contributed by atoms with Gasteiger partial charge in [0.2, 0.25) is 0 Å². The molecule has 1 unspecified atom stereocenters. The van der Waals surface area contributed by atoms with E-state index in [1.165, 1.54) is 24.8 Å². The molecule has 2 N–H and O–H groups in total. The smallest absolute Gasteiger partial charge is 0.258 e. The first kappa shape index (κ1) is 17.0. The van der Waals surface area contributed by atoms with Crippen LogP contribution in [0.3, 0.4) is 0 Å². The zero-order valence-electron chi connectivity index (χ0n) is 14.3. The van der Waals surface area contributed by atoms with Gasteiger partial charge in [-0.3, -0.25) is 4.79 Å². The number of carbonyl (C=O) groups is 1. The van der Waals surface area contributed by atoms with Gasteiger partial charge in [-0.25, -0.2) is 0 Å². The predicted octanol–water partition coefficient (Wildman–Crippen LogP) is 2.83. The van der Waals surface area contributed by atoms with Gasteiger partial charge in [-0.1, -0.05) is 24.3 Å². The van der Waals surface area contributed by atoms with E-state index in [1.54, 1.807) is 0 Å². The average molecular weight is 328 g/mol. The lowest BCUT2D eigenvalue weighted by Gasteiger charge is -2.18. The largest absolute Gasteiger partial charge is 0.484 e.